The van der Waals surface area contributed by atoms with E-state index in [1.165, 1.54) is 30.9 Å². The van der Waals surface area contributed by atoms with Gasteiger partial charge in [0, 0.05) is 25.7 Å². The molecule has 2 rings (SSSR count). The van der Waals surface area contributed by atoms with Crippen molar-refractivity contribution in [1.82, 2.24) is 4.72 Å². The molecule has 0 atom stereocenters. The number of hydrogen-bond donors (Lipinski definition) is 1. The Hall–Kier alpha value is -2.25. The summed E-state index contributed by atoms with van der Waals surface area (Å²) < 4.78 is 40.5. The van der Waals surface area contributed by atoms with Gasteiger partial charge in [-0.1, -0.05) is 6.07 Å². The fourth-order valence-corrected chi connectivity index (χ4v) is 3.63. The summed E-state index contributed by atoms with van der Waals surface area (Å²) in [5.41, 5.74) is 3.14. The Labute approximate surface area is 153 Å². The van der Waals surface area contributed by atoms with Gasteiger partial charge < -0.3 is 4.90 Å². The van der Waals surface area contributed by atoms with E-state index in [1.807, 2.05) is 32.0 Å². The van der Waals surface area contributed by atoms with E-state index in [0.29, 0.717) is 0 Å². The van der Waals surface area contributed by atoms with Gasteiger partial charge in [-0.3, -0.25) is 4.79 Å². The molecule has 2 aromatic rings. The Morgan fingerprint density at radius 1 is 1.04 bits per heavy atom. The highest BCUT2D eigenvalue weighted by atomic mass is 32.2. The normalized spacial score (nSPS) is 11.4. The van der Waals surface area contributed by atoms with Crippen LogP contribution in [0.5, 0.6) is 0 Å². The van der Waals surface area contributed by atoms with Crippen molar-refractivity contribution < 1.29 is 17.6 Å². The third-order valence-corrected chi connectivity index (χ3v) is 5.71. The monoisotopic (exact) mass is 378 g/mol. The van der Waals surface area contributed by atoms with Crippen LogP contribution in [-0.2, 0) is 14.8 Å². The quantitative estimate of drug-likeness (QED) is 0.840. The molecule has 0 saturated carbocycles. The predicted octanol–water partition coefficient (Wildman–Crippen LogP) is 3.08. The first kappa shape index (κ1) is 20.1. The zero-order chi connectivity index (χ0) is 19.5. The number of carbonyl (C=O) groups is 1. The van der Waals surface area contributed by atoms with Gasteiger partial charge in [-0.2, -0.15) is 0 Å². The molecule has 5 nitrogen and oxygen atoms in total. The molecule has 0 fully saturated rings. The van der Waals surface area contributed by atoms with Crippen LogP contribution in [-0.4, -0.2) is 27.4 Å². The minimum atomic E-state index is -3.77. The molecular weight excluding hydrogens is 355 g/mol. The molecule has 1 amide bonds. The fourth-order valence-electron chi connectivity index (χ4n) is 2.52. The second-order valence-corrected chi connectivity index (χ2v) is 8.01. The summed E-state index contributed by atoms with van der Waals surface area (Å²) >= 11 is 0. The van der Waals surface area contributed by atoms with Crippen molar-refractivity contribution in [3.05, 3.63) is 58.9 Å². The number of carbonyl (C=O) groups excluding carboxylic acids is 1. The van der Waals surface area contributed by atoms with Crippen LogP contribution in [0.4, 0.5) is 10.1 Å². The Bertz CT molecular complexity index is 926. The standard InChI is InChI=1S/C19H23FN2O3S/c1-13-5-6-17(11-14(13)2)22(16(4)23)10-9-21-26(24,25)18-7-8-19(20)15(3)12-18/h5-8,11-12,21H,9-10H2,1-4H3. The number of aryl methyl sites for hydroxylation is 3. The molecule has 0 aliphatic rings. The first-order chi connectivity index (χ1) is 12.1. The Balaban J connectivity index is 2.10. The van der Waals surface area contributed by atoms with Crippen molar-refractivity contribution in [2.24, 2.45) is 0 Å². The zero-order valence-electron chi connectivity index (χ0n) is 15.3. The maximum absolute atomic E-state index is 13.3. The van der Waals surface area contributed by atoms with E-state index in [4.69, 9.17) is 0 Å². The molecule has 140 valence electrons. The summed E-state index contributed by atoms with van der Waals surface area (Å²) in [4.78, 5) is 13.5. The maximum atomic E-state index is 13.3. The second-order valence-electron chi connectivity index (χ2n) is 6.25. The smallest absolute Gasteiger partial charge is 0.240 e. The average Bonchev–Trinajstić information content (AvgIpc) is 2.56. The van der Waals surface area contributed by atoms with Crippen LogP contribution in [0.2, 0.25) is 0 Å². The number of amides is 1. The van der Waals surface area contributed by atoms with Gasteiger partial charge in [-0.05, 0) is 67.8 Å². The average molecular weight is 378 g/mol. The van der Waals surface area contributed by atoms with E-state index in [1.54, 1.807) is 0 Å². The zero-order valence-corrected chi connectivity index (χ0v) is 16.2. The van der Waals surface area contributed by atoms with Crippen LogP contribution in [0.1, 0.15) is 23.6 Å². The van der Waals surface area contributed by atoms with Gasteiger partial charge in [0.1, 0.15) is 5.82 Å². The molecule has 0 saturated heterocycles. The lowest BCUT2D eigenvalue weighted by Crippen LogP contribution is -2.37. The van der Waals surface area contributed by atoms with Gasteiger partial charge >= 0.3 is 0 Å². The lowest BCUT2D eigenvalue weighted by atomic mass is 10.1. The first-order valence-corrected chi connectivity index (χ1v) is 9.71. The van der Waals surface area contributed by atoms with Crippen molar-refractivity contribution >= 4 is 21.6 Å². The number of hydrogen-bond acceptors (Lipinski definition) is 3. The Kier molecular flexibility index (Phi) is 6.15. The van der Waals surface area contributed by atoms with Crippen molar-refractivity contribution in [1.29, 1.82) is 0 Å². The summed E-state index contributed by atoms with van der Waals surface area (Å²) in [6, 6.07) is 9.28. The number of rotatable bonds is 6. The van der Waals surface area contributed by atoms with E-state index in [-0.39, 0.29) is 29.5 Å². The highest BCUT2D eigenvalue weighted by molar-refractivity contribution is 7.89. The summed E-state index contributed by atoms with van der Waals surface area (Å²) in [5.74, 6) is -0.633. The third kappa shape index (κ3) is 4.68. The van der Waals surface area contributed by atoms with E-state index < -0.39 is 15.8 Å². The van der Waals surface area contributed by atoms with Crippen LogP contribution in [0.15, 0.2) is 41.3 Å². The van der Waals surface area contributed by atoms with Gasteiger partial charge in [-0.15, -0.1) is 0 Å². The molecule has 0 heterocycles. The molecule has 0 spiro atoms. The predicted molar refractivity (Wildman–Crippen MR) is 100 cm³/mol. The van der Waals surface area contributed by atoms with Crippen molar-refractivity contribution in [3.8, 4) is 0 Å². The molecule has 0 bridgehead atoms. The van der Waals surface area contributed by atoms with Crippen molar-refractivity contribution in [2.45, 2.75) is 32.6 Å². The highest BCUT2D eigenvalue weighted by Crippen LogP contribution is 2.19. The van der Waals surface area contributed by atoms with Crippen LogP contribution < -0.4 is 9.62 Å². The lowest BCUT2D eigenvalue weighted by Gasteiger charge is -2.22. The SMILES string of the molecule is CC(=O)N(CCNS(=O)(=O)c1ccc(F)c(C)c1)c1ccc(C)c(C)c1. The third-order valence-electron chi connectivity index (χ3n) is 4.25. The first-order valence-electron chi connectivity index (χ1n) is 8.23. The van der Waals surface area contributed by atoms with Gasteiger partial charge in [0.05, 0.1) is 4.90 Å². The molecule has 0 unspecified atom stereocenters. The summed E-state index contributed by atoms with van der Waals surface area (Å²) in [5, 5.41) is 0. The molecular formula is C19H23FN2O3S. The molecule has 26 heavy (non-hydrogen) atoms. The topological polar surface area (TPSA) is 66.5 Å². The summed E-state index contributed by atoms with van der Waals surface area (Å²) in [6.07, 6.45) is 0. The number of anilines is 1. The highest BCUT2D eigenvalue weighted by Gasteiger charge is 2.17. The van der Waals surface area contributed by atoms with Gasteiger partial charge in [0.25, 0.3) is 0 Å². The van der Waals surface area contributed by atoms with E-state index in [9.17, 15) is 17.6 Å². The van der Waals surface area contributed by atoms with E-state index >= 15 is 0 Å². The minimum absolute atomic E-state index is 0.00282. The molecule has 0 aromatic heterocycles. The van der Waals surface area contributed by atoms with Crippen molar-refractivity contribution in [3.63, 3.8) is 0 Å². The summed E-state index contributed by atoms with van der Waals surface area (Å²) in [7, 11) is -3.77. The van der Waals surface area contributed by atoms with Crippen molar-refractivity contribution in [2.75, 3.05) is 18.0 Å². The van der Waals surface area contributed by atoms with E-state index in [2.05, 4.69) is 4.72 Å². The van der Waals surface area contributed by atoms with Gasteiger partial charge in [0.15, 0.2) is 0 Å². The molecule has 7 heteroatoms. The fraction of sp³-hybridized carbons (Fsp3) is 0.316. The number of nitrogens with zero attached hydrogens (tertiary/aromatic N) is 1. The second kappa shape index (κ2) is 7.97. The number of benzene rings is 2. The Morgan fingerprint density at radius 3 is 2.31 bits per heavy atom. The molecule has 0 radical (unpaired) electrons. The number of sulfonamides is 1. The van der Waals surface area contributed by atoms with Gasteiger partial charge in [-0.25, -0.2) is 17.5 Å². The molecule has 0 aliphatic heterocycles. The molecule has 1 N–H and O–H groups in total. The Morgan fingerprint density at radius 2 is 1.73 bits per heavy atom. The van der Waals surface area contributed by atoms with Gasteiger partial charge in [0.2, 0.25) is 15.9 Å². The lowest BCUT2D eigenvalue weighted by molar-refractivity contribution is -0.116. The maximum Gasteiger partial charge on any atom is 0.240 e. The minimum Gasteiger partial charge on any atom is -0.311 e. The van der Waals surface area contributed by atoms with Crippen LogP contribution in [0, 0.1) is 26.6 Å². The molecule has 0 aliphatic carbocycles. The summed E-state index contributed by atoms with van der Waals surface area (Å²) in [6.45, 7) is 7.12. The largest absolute Gasteiger partial charge is 0.311 e. The number of halogens is 1. The number of nitrogens with one attached hydrogen (secondary N) is 1. The van der Waals surface area contributed by atoms with Crippen LogP contribution in [0.25, 0.3) is 0 Å². The van der Waals surface area contributed by atoms with Crippen LogP contribution in [0.3, 0.4) is 0 Å². The van der Waals surface area contributed by atoms with E-state index in [0.717, 1.165) is 22.9 Å². The molecule has 2 aromatic carbocycles. The van der Waals surface area contributed by atoms with Crippen LogP contribution >= 0.6 is 0 Å².